The molecule has 7 heteroatoms. The molecule has 3 aliphatic rings. The molecule has 0 radical (unpaired) electrons. The fourth-order valence-corrected chi connectivity index (χ4v) is 5.37. The quantitative estimate of drug-likeness (QED) is 0.807. The molecule has 3 atom stereocenters. The van der Waals surface area contributed by atoms with Crippen molar-refractivity contribution in [3.63, 3.8) is 0 Å². The number of amides is 2. The molecule has 1 aromatic rings. The van der Waals surface area contributed by atoms with Crippen LogP contribution in [-0.4, -0.2) is 58.0 Å². The van der Waals surface area contributed by atoms with Crippen LogP contribution in [0.4, 0.5) is 4.39 Å². The highest BCUT2D eigenvalue weighted by Crippen LogP contribution is 2.47. The predicted octanol–water partition coefficient (Wildman–Crippen LogP) is 2.18. The number of morpholine rings is 1. The third-order valence-electron chi connectivity index (χ3n) is 5.35. The number of ether oxygens (including phenoxy) is 1. The molecule has 134 valence electrons. The minimum absolute atomic E-state index is 0.00175. The lowest BCUT2D eigenvalue weighted by Gasteiger charge is -2.37. The van der Waals surface area contributed by atoms with Crippen LogP contribution in [0.1, 0.15) is 31.4 Å². The highest BCUT2D eigenvalue weighted by molar-refractivity contribution is 8.01. The first-order valence-corrected chi connectivity index (χ1v) is 9.58. The molecule has 3 saturated heterocycles. The van der Waals surface area contributed by atoms with Crippen LogP contribution in [0.3, 0.4) is 0 Å². The minimum atomic E-state index is -0.378. The zero-order valence-corrected chi connectivity index (χ0v) is 14.9. The number of thioether (sulfide) groups is 1. The van der Waals surface area contributed by atoms with Crippen LogP contribution in [0.15, 0.2) is 24.3 Å². The van der Waals surface area contributed by atoms with Gasteiger partial charge in [0.2, 0.25) is 11.8 Å². The molecule has 3 aliphatic heterocycles. The summed E-state index contributed by atoms with van der Waals surface area (Å²) in [6, 6.07) is 5.82. The third kappa shape index (κ3) is 2.93. The Hall–Kier alpha value is -1.60. The largest absolute Gasteiger partial charge is 0.370 e. The van der Waals surface area contributed by atoms with Crippen LogP contribution in [0.2, 0.25) is 0 Å². The number of rotatable bonds is 2. The minimum Gasteiger partial charge on any atom is -0.370 e. The Morgan fingerprint density at radius 3 is 2.88 bits per heavy atom. The topological polar surface area (TPSA) is 49.9 Å². The highest BCUT2D eigenvalue weighted by atomic mass is 32.2. The second kappa shape index (κ2) is 6.29. The molecule has 0 spiro atoms. The number of carbonyl (C=O) groups excluding carboxylic acids is 2. The van der Waals surface area contributed by atoms with Crippen LogP contribution >= 0.6 is 11.8 Å². The van der Waals surface area contributed by atoms with E-state index < -0.39 is 0 Å². The Kier molecular flexibility index (Phi) is 4.24. The molecule has 5 nitrogen and oxygen atoms in total. The molecule has 0 bridgehead atoms. The van der Waals surface area contributed by atoms with Gasteiger partial charge < -0.3 is 14.5 Å². The molecule has 4 rings (SSSR count). The molecule has 2 amide bonds. The summed E-state index contributed by atoms with van der Waals surface area (Å²) in [7, 11) is 0. The Morgan fingerprint density at radius 1 is 1.36 bits per heavy atom. The lowest BCUT2D eigenvalue weighted by Crippen LogP contribution is -2.54. The normalized spacial score (nSPS) is 32.2. The average molecular weight is 364 g/mol. The van der Waals surface area contributed by atoms with Gasteiger partial charge in [0.1, 0.15) is 18.0 Å². The van der Waals surface area contributed by atoms with E-state index in [1.807, 2.05) is 0 Å². The number of hydrogen-bond donors (Lipinski definition) is 0. The van der Waals surface area contributed by atoms with Crippen LogP contribution in [0, 0.1) is 5.82 Å². The van der Waals surface area contributed by atoms with Gasteiger partial charge in [-0.2, -0.15) is 0 Å². The molecule has 0 aromatic heterocycles. The van der Waals surface area contributed by atoms with Crippen molar-refractivity contribution in [3.8, 4) is 0 Å². The van der Waals surface area contributed by atoms with E-state index in [0.29, 0.717) is 31.9 Å². The Bertz CT molecular complexity index is 698. The van der Waals surface area contributed by atoms with E-state index in [1.54, 1.807) is 33.7 Å². The summed E-state index contributed by atoms with van der Waals surface area (Å²) < 4.78 is 18.9. The van der Waals surface area contributed by atoms with Gasteiger partial charge >= 0.3 is 0 Å². The van der Waals surface area contributed by atoms with Gasteiger partial charge in [-0.15, -0.1) is 11.8 Å². The van der Waals surface area contributed by atoms with E-state index in [9.17, 15) is 14.0 Å². The van der Waals surface area contributed by atoms with Crippen LogP contribution < -0.4 is 0 Å². The molecular weight excluding hydrogens is 343 g/mol. The molecule has 0 aliphatic carbocycles. The lowest BCUT2D eigenvalue weighted by molar-refractivity contribution is -0.149. The van der Waals surface area contributed by atoms with Gasteiger partial charge in [-0.05, 0) is 31.0 Å². The van der Waals surface area contributed by atoms with Crippen LogP contribution in [0.25, 0.3) is 0 Å². The van der Waals surface area contributed by atoms with Crippen molar-refractivity contribution in [2.75, 3.05) is 25.4 Å². The number of benzene rings is 1. The highest BCUT2D eigenvalue weighted by Gasteiger charge is 2.53. The SMILES string of the molecule is CC12CCC(=O)N1C(C(=O)N1CCOC(c3ccc(F)cc3)C1)CS2. The number of nitrogens with zero attached hydrogens (tertiary/aromatic N) is 2. The number of carbonyl (C=O) groups is 2. The fourth-order valence-electron chi connectivity index (χ4n) is 3.94. The zero-order chi connectivity index (χ0) is 17.6. The van der Waals surface area contributed by atoms with Gasteiger partial charge in [0.15, 0.2) is 0 Å². The first-order chi connectivity index (χ1) is 12.0. The standard InChI is InChI=1S/C18H21FN2O3S/c1-18-7-6-16(22)21(18)14(11-25-18)17(23)20-8-9-24-15(10-20)12-2-4-13(19)5-3-12/h2-5,14-15H,6-11H2,1H3. The maximum atomic E-state index is 13.1. The van der Waals surface area contributed by atoms with Gasteiger partial charge in [0.05, 0.1) is 18.0 Å². The average Bonchev–Trinajstić information content (AvgIpc) is 3.11. The first-order valence-electron chi connectivity index (χ1n) is 8.60. The second-order valence-electron chi connectivity index (χ2n) is 6.96. The van der Waals surface area contributed by atoms with Crippen molar-refractivity contribution < 1.29 is 18.7 Å². The smallest absolute Gasteiger partial charge is 0.246 e. The Labute approximate surface area is 150 Å². The van der Waals surface area contributed by atoms with Gasteiger partial charge in [-0.3, -0.25) is 9.59 Å². The molecule has 0 saturated carbocycles. The maximum Gasteiger partial charge on any atom is 0.246 e. The number of halogens is 1. The van der Waals surface area contributed by atoms with Gasteiger partial charge in [-0.25, -0.2) is 4.39 Å². The van der Waals surface area contributed by atoms with E-state index in [1.165, 1.54) is 12.1 Å². The van der Waals surface area contributed by atoms with Crippen molar-refractivity contribution in [3.05, 3.63) is 35.6 Å². The van der Waals surface area contributed by atoms with Gasteiger partial charge in [0, 0.05) is 18.7 Å². The Morgan fingerprint density at radius 2 is 2.12 bits per heavy atom. The fraction of sp³-hybridized carbons (Fsp3) is 0.556. The second-order valence-corrected chi connectivity index (χ2v) is 8.46. The Balaban J connectivity index is 1.49. The monoisotopic (exact) mass is 364 g/mol. The van der Waals surface area contributed by atoms with Crippen molar-refractivity contribution in [1.82, 2.24) is 9.80 Å². The molecule has 25 heavy (non-hydrogen) atoms. The van der Waals surface area contributed by atoms with Crippen LogP contribution in [0.5, 0.6) is 0 Å². The van der Waals surface area contributed by atoms with Gasteiger partial charge in [-0.1, -0.05) is 12.1 Å². The molecule has 3 fully saturated rings. The van der Waals surface area contributed by atoms with E-state index >= 15 is 0 Å². The molecule has 0 N–H and O–H groups in total. The van der Waals surface area contributed by atoms with Crippen molar-refractivity contribution in [2.24, 2.45) is 0 Å². The summed E-state index contributed by atoms with van der Waals surface area (Å²) in [6.45, 7) is 3.45. The van der Waals surface area contributed by atoms with E-state index in [0.717, 1.165) is 12.0 Å². The summed E-state index contributed by atoms with van der Waals surface area (Å²) in [6.07, 6.45) is 1.07. The van der Waals surface area contributed by atoms with Crippen molar-refractivity contribution >= 4 is 23.6 Å². The van der Waals surface area contributed by atoms with Crippen LogP contribution in [-0.2, 0) is 14.3 Å². The number of fused-ring (bicyclic) bond motifs is 1. The molecule has 1 aromatic carbocycles. The van der Waals surface area contributed by atoms with E-state index in [2.05, 4.69) is 6.92 Å². The zero-order valence-electron chi connectivity index (χ0n) is 14.1. The summed E-state index contributed by atoms with van der Waals surface area (Å²) >= 11 is 1.70. The summed E-state index contributed by atoms with van der Waals surface area (Å²) in [4.78, 5) is 28.7. The molecule has 3 unspecified atom stereocenters. The third-order valence-corrected chi connectivity index (χ3v) is 6.85. The summed E-state index contributed by atoms with van der Waals surface area (Å²) in [5, 5.41) is 0. The summed E-state index contributed by atoms with van der Waals surface area (Å²) in [5.74, 6) is 0.443. The van der Waals surface area contributed by atoms with E-state index in [-0.39, 0.29) is 34.6 Å². The molecular formula is C18H21FN2O3S. The summed E-state index contributed by atoms with van der Waals surface area (Å²) in [5.41, 5.74) is 0.863. The van der Waals surface area contributed by atoms with Gasteiger partial charge in [0.25, 0.3) is 0 Å². The predicted molar refractivity (Wildman–Crippen MR) is 92.4 cm³/mol. The molecule has 3 heterocycles. The number of hydrogen-bond acceptors (Lipinski definition) is 4. The first kappa shape index (κ1) is 16.8. The maximum absolute atomic E-state index is 13.1. The van der Waals surface area contributed by atoms with E-state index in [4.69, 9.17) is 4.74 Å². The van der Waals surface area contributed by atoms with Crippen molar-refractivity contribution in [2.45, 2.75) is 36.8 Å². The lowest BCUT2D eigenvalue weighted by atomic mass is 10.1. The van der Waals surface area contributed by atoms with Crippen molar-refractivity contribution in [1.29, 1.82) is 0 Å².